The summed E-state index contributed by atoms with van der Waals surface area (Å²) in [6.45, 7) is 2.08. The van der Waals surface area contributed by atoms with Crippen molar-refractivity contribution in [3.05, 3.63) is 35.6 Å². The van der Waals surface area contributed by atoms with Gasteiger partial charge in [-0.25, -0.2) is 4.39 Å². The Morgan fingerprint density at radius 2 is 2.19 bits per heavy atom. The average Bonchev–Trinajstić information content (AvgIpc) is 2.29. The smallest absolute Gasteiger partial charge is 0.310 e. The van der Waals surface area contributed by atoms with Gasteiger partial charge in [-0.1, -0.05) is 25.1 Å². The molecular formula is C12H16FNO2. The Morgan fingerprint density at radius 1 is 1.50 bits per heavy atom. The summed E-state index contributed by atoms with van der Waals surface area (Å²) in [4.78, 5) is 11.5. The maximum atomic E-state index is 13.2. The van der Waals surface area contributed by atoms with Crippen molar-refractivity contribution in [1.82, 2.24) is 0 Å². The lowest BCUT2D eigenvalue weighted by Crippen LogP contribution is -2.25. The molecule has 0 aliphatic heterocycles. The van der Waals surface area contributed by atoms with Crippen molar-refractivity contribution in [1.29, 1.82) is 0 Å². The second-order valence-electron chi connectivity index (χ2n) is 3.54. The molecule has 1 atom stereocenters. The number of esters is 1. The normalized spacial score (nSPS) is 12.2. The van der Waals surface area contributed by atoms with Crippen molar-refractivity contribution in [2.24, 2.45) is 11.7 Å². The Kier molecular flexibility index (Phi) is 4.92. The molecule has 0 radical (unpaired) electrons. The highest BCUT2D eigenvalue weighted by molar-refractivity contribution is 5.72. The molecule has 0 aromatic heterocycles. The van der Waals surface area contributed by atoms with Gasteiger partial charge in [0, 0.05) is 12.1 Å². The van der Waals surface area contributed by atoms with Gasteiger partial charge in [-0.3, -0.25) is 4.79 Å². The molecule has 16 heavy (non-hydrogen) atoms. The van der Waals surface area contributed by atoms with Crippen molar-refractivity contribution in [2.75, 3.05) is 6.54 Å². The lowest BCUT2D eigenvalue weighted by molar-refractivity contribution is -0.149. The average molecular weight is 225 g/mol. The first-order valence-electron chi connectivity index (χ1n) is 5.29. The fraction of sp³-hybridized carbons (Fsp3) is 0.417. The molecule has 0 heterocycles. The Morgan fingerprint density at radius 3 is 2.75 bits per heavy atom. The van der Waals surface area contributed by atoms with E-state index in [2.05, 4.69) is 0 Å². The van der Waals surface area contributed by atoms with Crippen molar-refractivity contribution in [3.63, 3.8) is 0 Å². The molecule has 1 aromatic carbocycles. The minimum atomic E-state index is -0.367. The molecule has 1 unspecified atom stereocenters. The molecule has 1 aromatic rings. The number of carbonyl (C=O) groups is 1. The minimum absolute atomic E-state index is 0.0397. The van der Waals surface area contributed by atoms with Gasteiger partial charge in [0.15, 0.2) is 0 Å². The molecule has 0 saturated carbocycles. The summed E-state index contributed by atoms with van der Waals surface area (Å²) in [5.41, 5.74) is 5.79. The van der Waals surface area contributed by atoms with Crippen LogP contribution in [0, 0.1) is 11.7 Å². The van der Waals surface area contributed by atoms with E-state index < -0.39 is 0 Å². The predicted molar refractivity (Wildman–Crippen MR) is 59.0 cm³/mol. The van der Waals surface area contributed by atoms with Crippen LogP contribution in [-0.2, 0) is 16.1 Å². The molecule has 0 fully saturated rings. The number of rotatable bonds is 5. The van der Waals surface area contributed by atoms with E-state index in [0.29, 0.717) is 12.0 Å². The lowest BCUT2D eigenvalue weighted by atomic mass is 10.1. The third kappa shape index (κ3) is 3.31. The van der Waals surface area contributed by atoms with Crippen molar-refractivity contribution in [2.45, 2.75) is 20.0 Å². The van der Waals surface area contributed by atoms with E-state index in [9.17, 15) is 9.18 Å². The highest BCUT2D eigenvalue weighted by Gasteiger charge is 2.16. The quantitative estimate of drug-likeness (QED) is 0.778. The molecule has 4 heteroatoms. The van der Waals surface area contributed by atoms with E-state index in [-0.39, 0.29) is 30.9 Å². The summed E-state index contributed by atoms with van der Waals surface area (Å²) in [7, 11) is 0. The Labute approximate surface area is 94.4 Å². The number of benzene rings is 1. The third-order valence-electron chi connectivity index (χ3n) is 2.44. The van der Waals surface area contributed by atoms with Crippen LogP contribution in [0.4, 0.5) is 4.39 Å². The first kappa shape index (κ1) is 12.6. The number of hydrogen-bond acceptors (Lipinski definition) is 3. The van der Waals surface area contributed by atoms with Gasteiger partial charge in [0.05, 0.1) is 5.92 Å². The van der Waals surface area contributed by atoms with Gasteiger partial charge in [-0.05, 0) is 12.5 Å². The van der Waals surface area contributed by atoms with Crippen LogP contribution in [0.15, 0.2) is 24.3 Å². The molecule has 3 nitrogen and oxygen atoms in total. The fourth-order valence-electron chi connectivity index (χ4n) is 1.31. The maximum absolute atomic E-state index is 13.2. The second kappa shape index (κ2) is 6.23. The molecule has 0 amide bonds. The number of hydrogen-bond donors (Lipinski definition) is 1. The van der Waals surface area contributed by atoms with Crippen LogP contribution in [0.5, 0.6) is 0 Å². The van der Waals surface area contributed by atoms with Gasteiger partial charge in [0.1, 0.15) is 12.4 Å². The zero-order valence-electron chi connectivity index (χ0n) is 9.28. The van der Waals surface area contributed by atoms with E-state index in [4.69, 9.17) is 10.5 Å². The van der Waals surface area contributed by atoms with Crippen molar-refractivity contribution in [3.8, 4) is 0 Å². The summed E-state index contributed by atoms with van der Waals surface area (Å²) < 4.78 is 18.2. The summed E-state index contributed by atoms with van der Waals surface area (Å²) >= 11 is 0. The Balaban J connectivity index is 2.52. The van der Waals surface area contributed by atoms with Gasteiger partial charge >= 0.3 is 5.97 Å². The Hall–Kier alpha value is -1.42. The molecule has 2 N–H and O–H groups in total. The second-order valence-corrected chi connectivity index (χ2v) is 3.54. The summed E-state index contributed by atoms with van der Waals surface area (Å²) in [5, 5.41) is 0. The molecular weight excluding hydrogens is 209 g/mol. The number of halogens is 1. The predicted octanol–water partition coefficient (Wildman–Crippen LogP) is 1.85. The van der Waals surface area contributed by atoms with Gasteiger partial charge in [0.25, 0.3) is 0 Å². The molecule has 0 aliphatic carbocycles. The van der Waals surface area contributed by atoms with E-state index in [1.54, 1.807) is 18.2 Å². The summed E-state index contributed by atoms with van der Waals surface area (Å²) in [6, 6.07) is 6.22. The largest absolute Gasteiger partial charge is 0.460 e. The van der Waals surface area contributed by atoms with Crippen LogP contribution in [0.1, 0.15) is 18.9 Å². The maximum Gasteiger partial charge on any atom is 0.310 e. The zero-order chi connectivity index (χ0) is 12.0. The van der Waals surface area contributed by atoms with Crippen LogP contribution in [0.3, 0.4) is 0 Å². The third-order valence-corrected chi connectivity index (χ3v) is 2.44. The monoisotopic (exact) mass is 225 g/mol. The molecule has 0 bridgehead atoms. The van der Waals surface area contributed by atoms with Gasteiger partial charge in [-0.2, -0.15) is 0 Å². The molecule has 88 valence electrons. The number of carbonyl (C=O) groups excluding carboxylic acids is 1. The first-order valence-corrected chi connectivity index (χ1v) is 5.29. The van der Waals surface area contributed by atoms with Crippen molar-refractivity contribution >= 4 is 5.97 Å². The molecule has 1 rings (SSSR count). The molecule has 0 aliphatic rings. The van der Waals surface area contributed by atoms with Gasteiger partial charge in [-0.15, -0.1) is 0 Å². The Bertz CT molecular complexity index is 351. The first-order chi connectivity index (χ1) is 7.69. The zero-order valence-corrected chi connectivity index (χ0v) is 9.28. The number of ether oxygens (including phenoxy) is 1. The van der Waals surface area contributed by atoms with E-state index in [0.717, 1.165) is 0 Å². The SMILES string of the molecule is CCC(CN)C(=O)OCc1ccccc1F. The highest BCUT2D eigenvalue weighted by Crippen LogP contribution is 2.10. The number of nitrogens with two attached hydrogens (primary N) is 1. The van der Waals surface area contributed by atoms with E-state index >= 15 is 0 Å². The topological polar surface area (TPSA) is 52.3 Å². The van der Waals surface area contributed by atoms with Crippen LogP contribution in [0.25, 0.3) is 0 Å². The van der Waals surface area contributed by atoms with Crippen LogP contribution in [0.2, 0.25) is 0 Å². The van der Waals surface area contributed by atoms with Gasteiger partial charge < -0.3 is 10.5 Å². The van der Waals surface area contributed by atoms with Gasteiger partial charge in [0.2, 0.25) is 0 Å². The molecule has 0 saturated heterocycles. The van der Waals surface area contributed by atoms with Crippen molar-refractivity contribution < 1.29 is 13.9 Å². The van der Waals surface area contributed by atoms with Crippen LogP contribution in [-0.4, -0.2) is 12.5 Å². The fourth-order valence-corrected chi connectivity index (χ4v) is 1.31. The summed E-state index contributed by atoms with van der Waals surface area (Å²) in [6.07, 6.45) is 0.632. The van der Waals surface area contributed by atoms with Crippen LogP contribution >= 0.6 is 0 Å². The minimum Gasteiger partial charge on any atom is -0.460 e. The lowest BCUT2D eigenvalue weighted by Gasteiger charge is -2.11. The van der Waals surface area contributed by atoms with E-state index in [1.807, 2.05) is 6.92 Å². The standard InChI is InChI=1S/C12H16FNO2/c1-2-9(7-14)12(15)16-8-10-5-3-4-6-11(10)13/h3-6,9H,2,7-8,14H2,1H3. The molecule has 0 spiro atoms. The van der Waals surface area contributed by atoms with E-state index in [1.165, 1.54) is 6.07 Å². The van der Waals surface area contributed by atoms with Crippen LogP contribution < -0.4 is 5.73 Å². The highest BCUT2D eigenvalue weighted by atomic mass is 19.1. The summed E-state index contributed by atoms with van der Waals surface area (Å²) in [5.74, 6) is -1.03.